The Bertz CT molecular complexity index is 1160. The molecule has 5 aliphatic rings. The molecular formula is C25H20Cl2N2O3. The van der Waals surface area contributed by atoms with E-state index < -0.39 is 0 Å². The van der Waals surface area contributed by atoms with Crippen LogP contribution in [0.5, 0.6) is 5.75 Å². The molecule has 6 atom stereocenters. The van der Waals surface area contributed by atoms with Gasteiger partial charge in [-0.3, -0.25) is 9.59 Å². The van der Waals surface area contributed by atoms with E-state index in [9.17, 15) is 9.59 Å². The van der Waals surface area contributed by atoms with Crippen LogP contribution in [0.3, 0.4) is 0 Å². The Morgan fingerprint density at radius 2 is 1.66 bits per heavy atom. The van der Waals surface area contributed by atoms with E-state index in [0.29, 0.717) is 39.8 Å². The topological polar surface area (TPSA) is 59.0 Å². The van der Waals surface area contributed by atoms with Crippen molar-refractivity contribution in [2.45, 2.75) is 13.0 Å². The fourth-order valence-electron chi connectivity index (χ4n) is 5.71. The Kier molecular flexibility index (Phi) is 4.67. The monoisotopic (exact) mass is 466 g/mol. The number of allylic oxidation sites excluding steroid dienone is 2. The molecule has 2 aromatic rings. The van der Waals surface area contributed by atoms with Gasteiger partial charge in [0, 0.05) is 15.6 Å². The second-order valence-corrected chi connectivity index (χ2v) is 9.86. The van der Waals surface area contributed by atoms with Gasteiger partial charge in [0.1, 0.15) is 12.4 Å². The smallest absolute Gasteiger partial charge is 0.254 e. The van der Waals surface area contributed by atoms with Gasteiger partial charge in [0.05, 0.1) is 18.1 Å². The van der Waals surface area contributed by atoms with Crippen LogP contribution in [0.4, 0.5) is 0 Å². The molecule has 1 heterocycles. The summed E-state index contributed by atoms with van der Waals surface area (Å²) in [5.41, 5.74) is 1.52. The van der Waals surface area contributed by atoms with Crippen LogP contribution in [-0.2, 0) is 16.2 Å². The Morgan fingerprint density at radius 3 is 2.34 bits per heavy atom. The number of rotatable bonds is 5. The zero-order valence-electron chi connectivity index (χ0n) is 17.0. The molecule has 162 valence electrons. The number of ether oxygens (including phenoxy) is 1. The molecule has 1 aliphatic heterocycles. The molecule has 7 heteroatoms. The molecule has 0 aromatic heterocycles. The molecule has 2 bridgehead atoms. The molecule has 2 amide bonds. The number of hydrogen-bond donors (Lipinski definition) is 0. The van der Waals surface area contributed by atoms with E-state index in [2.05, 4.69) is 17.3 Å². The Morgan fingerprint density at radius 1 is 0.969 bits per heavy atom. The highest BCUT2D eigenvalue weighted by molar-refractivity contribution is 6.31. The van der Waals surface area contributed by atoms with Crippen LogP contribution in [0.15, 0.2) is 59.7 Å². The van der Waals surface area contributed by atoms with Crippen LogP contribution in [0.2, 0.25) is 10.0 Å². The maximum absolute atomic E-state index is 13.1. The predicted molar refractivity (Wildman–Crippen MR) is 121 cm³/mol. The first-order chi connectivity index (χ1) is 15.5. The minimum Gasteiger partial charge on any atom is -0.488 e. The molecule has 3 fully saturated rings. The highest BCUT2D eigenvalue weighted by atomic mass is 35.5. The largest absolute Gasteiger partial charge is 0.488 e. The number of hydrogen-bond acceptors (Lipinski definition) is 4. The molecule has 0 N–H and O–H groups in total. The van der Waals surface area contributed by atoms with Crippen molar-refractivity contribution in [1.29, 1.82) is 0 Å². The lowest BCUT2D eigenvalue weighted by molar-refractivity contribution is -0.140. The molecule has 7 rings (SSSR count). The van der Waals surface area contributed by atoms with Crippen LogP contribution in [0.1, 0.15) is 17.5 Å². The second kappa shape index (κ2) is 7.46. The van der Waals surface area contributed by atoms with Crippen molar-refractivity contribution in [1.82, 2.24) is 5.01 Å². The Hall–Kier alpha value is -2.63. The third-order valence-corrected chi connectivity index (χ3v) is 7.68. The number of imide groups is 1. The van der Waals surface area contributed by atoms with Crippen LogP contribution in [-0.4, -0.2) is 23.0 Å². The first kappa shape index (κ1) is 20.0. The van der Waals surface area contributed by atoms with Gasteiger partial charge in [-0.1, -0.05) is 47.5 Å². The molecule has 2 saturated carbocycles. The van der Waals surface area contributed by atoms with Crippen LogP contribution >= 0.6 is 23.2 Å². The minimum atomic E-state index is -0.267. The number of benzene rings is 2. The molecule has 2 aromatic carbocycles. The highest BCUT2D eigenvalue weighted by Gasteiger charge is 2.67. The fourth-order valence-corrected chi connectivity index (χ4v) is 6.11. The maximum Gasteiger partial charge on any atom is 0.254 e. The molecule has 1 saturated heterocycles. The molecule has 0 spiro atoms. The lowest BCUT2D eigenvalue weighted by Crippen LogP contribution is -2.40. The first-order valence-electron chi connectivity index (χ1n) is 10.8. The molecule has 32 heavy (non-hydrogen) atoms. The van der Waals surface area contributed by atoms with Crippen molar-refractivity contribution >= 4 is 41.2 Å². The van der Waals surface area contributed by atoms with Gasteiger partial charge < -0.3 is 4.74 Å². The maximum atomic E-state index is 13.1. The normalized spacial score (nSPS) is 31.9. The summed E-state index contributed by atoms with van der Waals surface area (Å²) in [6, 6.07) is 12.6. The molecule has 5 nitrogen and oxygen atoms in total. The van der Waals surface area contributed by atoms with Crippen molar-refractivity contribution in [2.24, 2.45) is 40.6 Å². The summed E-state index contributed by atoms with van der Waals surface area (Å²) in [6.07, 6.45) is 6.92. The van der Waals surface area contributed by atoms with E-state index in [-0.39, 0.29) is 35.5 Å². The van der Waals surface area contributed by atoms with Gasteiger partial charge in [-0.25, -0.2) is 0 Å². The number of halogens is 2. The number of amides is 2. The van der Waals surface area contributed by atoms with Gasteiger partial charge in [-0.2, -0.15) is 10.1 Å². The van der Waals surface area contributed by atoms with Gasteiger partial charge in [-0.05, 0) is 66.0 Å². The van der Waals surface area contributed by atoms with E-state index >= 15 is 0 Å². The van der Waals surface area contributed by atoms with E-state index in [1.165, 1.54) is 6.21 Å². The minimum absolute atomic E-state index is 0.175. The average Bonchev–Trinajstić information content (AvgIpc) is 3.56. The summed E-state index contributed by atoms with van der Waals surface area (Å²) >= 11 is 12.2. The van der Waals surface area contributed by atoms with Crippen LogP contribution < -0.4 is 4.74 Å². The van der Waals surface area contributed by atoms with Gasteiger partial charge in [0.2, 0.25) is 0 Å². The van der Waals surface area contributed by atoms with Crippen molar-refractivity contribution in [3.8, 4) is 5.75 Å². The van der Waals surface area contributed by atoms with E-state index in [4.69, 9.17) is 27.9 Å². The average molecular weight is 467 g/mol. The van der Waals surface area contributed by atoms with Crippen LogP contribution in [0, 0.1) is 35.5 Å². The highest BCUT2D eigenvalue weighted by Crippen LogP contribution is 2.65. The quantitative estimate of drug-likeness (QED) is 0.355. The van der Waals surface area contributed by atoms with Crippen LogP contribution in [0.25, 0.3) is 0 Å². The fraction of sp³-hybridized carbons (Fsp3) is 0.320. The summed E-state index contributed by atoms with van der Waals surface area (Å²) in [7, 11) is 0. The number of carbonyl (C=O) groups excluding carboxylic acids is 2. The van der Waals surface area contributed by atoms with Crippen molar-refractivity contribution in [3.05, 3.63) is 75.8 Å². The van der Waals surface area contributed by atoms with E-state index in [1.54, 1.807) is 24.3 Å². The second-order valence-electron chi connectivity index (χ2n) is 8.99. The molecule has 0 unspecified atom stereocenters. The summed E-state index contributed by atoms with van der Waals surface area (Å²) in [4.78, 5) is 26.2. The lowest BCUT2D eigenvalue weighted by atomic mass is 9.63. The zero-order valence-corrected chi connectivity index (χ0v) is 18.5. The molecular weight excluding hydrogens is 447 g/mol. The number of nitrogens with zero attached hydrogens (tertiary/aromatic N) is 2. The number of hydrazone groups is 1. The Balaban J connectivity index is 1.23. The standard InChI is InChI=1S/C25H20Cl2N2O3/c26-15-3-1-2-13(8-15)12-32-21-7-4-16(27)9-14(21)11-28-29-24(30)22-17-5-6-18(20-10-19(17)20)23(22)25(29)31/h1-9,11,17-20,22-23H,10,12H2/b28-11-/t17-,18-,19-,20+,22+,23+/m1/s1. The van der Waals surface area contributed by atoms with Crippen molar-refractivity contribution < 1.29 is 14.3 Å². The summed E-state index contributed by atoms with van der Waals surface area (Å²) in [5, 5.41) is 6.52. The zero-order chi connectivity index (χ0) is 22.0. The van der Waals surface area contributed by atoms with Gasteiger partial charge in [0.15, 0.2) is 0 Å². The molecule has 0 radical (unpaired) electrons. The van der Waals surface area contributed by atoms with Gasteiger partial charge in [0.25, 0.3) is 11.8 Å². The lowest BCUT2D eigenvalue weighted by Gasteiger charge is -2.37. The van der Waals surface area contributed by atoms with Gasteiger partial charge in [-0.15, -0.1) is 0 Å². The first-order valence-corrected chi connectivity index (χ1v) is 11.5. The van der Waals surface area contributed by atoms with Crippen molar-refractivity contribution in [2.75, 3.05) is 0 Å². The van der Waals surface area contributed by atoms with Gasteiger partial charge >= 0.3 is 0 Å². The summed E-state index contributed by atoms with van der Waals surface area (Å²) in [5.74, 6) is 1.11. The third-order valence-electron chi connectivity index (χ3n) is 7.21. The van der Waals surface area contributed by atoms with E-state index in [1.807, 2.05) is 18.2 Å². The number of carbonyl (C=O) groups is 2. The van der Waals surface area contributed by atoms with E-state index in [0.717, 1.165) is 17.0 Å². The van der Waals surface area contributed by atoms with Crippen molar-refractivity contribution in [3.63, 3.8) is 0 Å². The third kappa shape index (κ3) is 3.18. The Labute approximate surface area is 195 Å². The predicted octanol–water partition coefficient (Wildman–Crippen LogP) is 4.96. The SMILES string of the molecule is O=C1[C@H]2[C@@H]3C=C[C@H]([C@@H]4C[C@H]34)[C@@H]2C(=O)N1/N=C\c1cc(Cl)ccc1OCc1cccc(Cl)c1. The molecule has 4 aliphatic carbocycles. The summed E-state index contributed by atoms with van der Waals surface area (Å²) < 4.78 is 5.95. The summed E-state index contributed by atoms with van der Waals surface area (Å²) in [6.45, 7) is 0.312.